The van der Waals surface area contributed by atoms with Crippen LogP contribution < -0.4 is 49.7 Å². The van der Waals surface area contributed by atoms with Gasteiger partial charge in [-0.1, -0.05) is 148 Å². The molecule has 2 aromatic heterocycles. The zero-order chi connectivity index (χ0) is 94.6. The number of aromatic nitrogens is 2. The van der Waals surface area contributed by atoms with Crippen molar-refractivity contribution >= 4 is 113 Å². The van der Waals surface area contributed by atoms with E-state index in [1.165, 1.54) is 65.5 Å². The molecule has 8 amide bonds. The van der Waals surface area contributed by atoms with E-state index in [-0.39, 0.29) is 85.2 Å². The molecule has 8 aromatic rings. The number of esters is 1. The van der Waals surface area contributed by atoms with Crippen LogP contribution in [0.4, 0.5) is 21.0 Å². The van der Waals surface area contributed by atoms with Gasteiger partial charge >= 0.3 is 24.1 Å². The number of carboxylic acid groups (broad SMARTS) is 1. The molecule has 8 atom stereocenters. The van der Waals surface area contributed by atoms with E-state index in [2.05, 4.69) is 48.6 Å². The van der Waals surface area contributed by atoms with Crippen molar-refractivity contribution in [3.05, 3.63) is 183 Å². The van der Waals surface area contributed by atoms with Gasteiger partial charge in [0.1, 0.15) is 79.4 Å². The lowest BCUT2D eigenvalue weighted by atomic mass is 10.1. The smallest absolute Gasteiger partial charge is 0.411 e. The summed E-state index contributed by atoms with van der Waals surface area (Å²) < 4.78 is 100. The summed E-state index contributed by atoms with van der Waals surface area (Å²) in [5.74, 6) is -4.50. The summed E-state index contributed by atoms with van der Waals surface area (Å²) in [6.45, 7) is 17.7. The number of likely N-dealkylation sites (tertiary alicyclic amines) is 2. The Kier molecular flexibility index (Phi) is 32.8. The van der Waals surface area contributed by atoms with Crippen LogP contribution >= 0.6 is 0 Å². The van der Waals surface area contributed by atoms with Crippen LogP contribution in [0.3, 0.4) is 0 Å². The van der Waals surface area contributed by atoms with E-state index in [1.807, 2.05) is 72.8 Å². The highest BCUT2D eigenvalue weighted by atomic mass is 32.2. The lowest BCUT2D eigenvalue weighted by Crippen LogP contribution is -2.56. The van der Waals surface area contributed by atoms with Crippen LogP contribution in [-0.4, -0.2) is 182 Å². The van der Waals surface area contributed by atoms with Crippen molar-refractivity contribution < 1.29 is 103 Å². The molecule has 34 heteroatoms. The Labute approximate surface area is 763 Å². The summed E-state index contributed by atoms with van der Waals surface area (Å²) in [4.78, 5) is 144. The molecule has 6 aromatic carbocycles. The maximum absolute atomic E-state index is 14.4. The third kappa shape index (κ3) is 26.2. The third-order valence-electron chi connectivity index (χ3n) is 22.8. The van der Waals surface area contributed by atoms with Crippen molar-refractivity contribution in [1.29, 1.82) is 0 Å². The molecule has 0 spiro atoms. The molecule has 12 rings (SSSR count). The quantitative estimate of drug-likeness (QED) is 0.00811. The van der Waals surface area contributed by atoms with E-state index in [4.69, 9.17) is 43.5 Å². The number of para-hydroxylation sites is 2. The standard InChI is InChI=1S/C49H59N5O11S.C48H57N5O11S/c1-7-33-30-49(33,46(58)53-66(60,61)42-22-18-17-21-37(42)51-43(55)23-15-10-8-9-11-16-24-44(56)63-6)52-45(57)40-28-35(31-54(40)47(59)65-48(2,3)4)64-41-29-38(32-19-13-12-14-20-32)50-39-27-34(62-5)25-26-36(39)41;1-6-32-29-48(32,45(58)52-65(60,61)41-21-17-16-20-36(41)50-42(54)22-14-9-7-8-10-15-23-43(55)56)51-44(57)39-27-34(30-53(39)46(59)64-47(2,3)4)63-40-28-37(31-18-12-11-13-19-31)49-38-26-33(62-5)24-25-35(38)40/h7,12-14,17-22,25-27,29,33,35,40H,1,8-11,15-16,23-24,28,30-31H2,2-6H3,(H,51,55)(H,52,57)(H,53,58);6,11-13,16-21,24-26,28,32,34,39H,1,7-10,14-15,22-23,27,29-30H2,2-5H3,(H,50,54)(H,51,57)(H,52,58)(H,55,56)/t33-,35-,40+,49-;32-,34-,39+,48-/m11/s1. The molecule has 2 aliphatic carbocycles. The number of amides is 8. The second-order valence-corrected chi connectivity index (χ2v) is 38.2. The summed E-state index contributed by atoms with van der Waals surface area (Å²) in [5, 5.41) is 21.0. The van der Waals surface area contributed by atoms with Crippen LogP contribution in [0.5, 0.6) is 23.0 Å². The van der Waals surface area contributed by atoms with E-state index >= 15 is 0 Å². The lowest BCUT2D eigenvalue weighted by Gasteiger charge is -2.29. The highest BCUT2D eigenvalue weighted by molar-refractivity contribution is 7.90. The molecule has 2 saturated carbocycles. The maximum atomic E-state index is 14.4. The minimum Gasteiger partial charge on any atom is -0.497 e. The number of ether oxygens (including phenoxy) is 7. The molecule has 2 aliphatic heterocycles. The molecule has 4 aliphatic rings. The molecule has 0 bridgehead atoms. The van der Waals surface area contributed by atoms with Gasteiger partial charge in [0.25, 0.3) is 31.9 Å². The molecule has 0 unspecified atom stereocenters. The fourth-order valence-electron chi connectivity index (χ4n) is 15.9. The summed E-state index contributed by atoms with van der Waals surface area (Å²) in [7, 11) is -4.71. The monoisotopic (exact) mass is 1840 g/mol. The number of hydrogen-bond acceptors (Lipinski definition) is 23. The Morgan fingerprint density at radius 2 is 0.832 bits per heavy atom. The van der Waals surface area contributed by atoms with Crippen LogP contribution in [0.15, 0.2) is 193 Å². The largest absolute Gasteiger partial charge is 0.497 e. The van der Waals surface area contributed by atoms with Gasteiger partial charge in [0.2, 0.25) is 23.6 Å². The molecular formula is C97H116N10O22S2. The number of aliphatic carboxylic acids is 1. The van der Waals surface area contributed by atoms with Crippen LogP contribution in [0.1, 0.15) is 170 Å². The number of sulfonamides is 2. The number of methoxy groups -OCH3 is 3. The molecular weight excluding hydrogens is 1720 g/mol. The van der Waals surface area contributed by atoms with E-state index in [9.17, 15) is 64.8 Å². The van der Waals surface area contributed by atoms with Crippen molar-refractivity contribution in [2.24, 2.45) is 11.8 Å². The number of carbonyl (C=O) groups excluding carboxylic acids is 9. The van der Waals surface area contributed by atoms with Crippen LogP contribution in [0.25, 0.3) is 44.3 Å². The Morgan fingerprint density at radius 3 is 1.18 bits per heavy atom. The number of rotatable bonds is 40. The van der Waals surface area contributed by atoms with Gasteiger partial charge in [-0.15, -0.1) is 13.2 Å². The normalized spacial score (nSPS) is 19.1. The molecule has 7 N–H and O–H groups in total. The van der Waals surface area contributed by atoms with Crippen LogP contribution in [0, 0.1) is 11.8 Å². The summed E-state index contributed by atoms with van der Waals surface area (Å²) in [6.07, 6.45) is 9.87. The number of pyridine rings is 2. The number of unbranched alkanes of at least 4 members (excludes halogenated alkanes) is 10. The number of fused-ring (bicyclic) bond motifs is 2. The van der Waals surface area contributed by atoms with Gasteiger partial charge in [-0.2, -0.15) is 0 Å². The van der Waals surface area contributed by atoms with Crippen molar-refractivity contribution in [3.8, 4) is 45.5 Å². The number of carboxylic acids is 1. The second kappa shape index (κ2) is 43.6. The predicted molar refractivity (Wildman–Crippen MR) is 492 cm³/mol. The van der Waals surface area contributed by atoms with Crippen molar-refractivity contribution in [2.45, 2.75) is 226 Å². The minimum atomic E-state index is -4.60. The number of nitrogens with zero attached hydrogens (tertiary/aromatic N) is 4. The predicted octanol–water partition coefficient (Wildman–Crippen LogP) is 14.8. The number of anilines is 2. The molecule has 131 heavy (non-hydrogen) atoms. The Hall–Kier alpha value is -13.0. The first-order chi connectivity index (χ1) is 62.4. The average molecular weight is 1840 g/mol. The number of nitrogens with one attached hydrogen (secondary N) is 6. The number of hydrogen-bond donors (Lipinski definition) is 7. The molecule has 2 saturated heterocycles. The topological polar surface area (TPSA) is 428 Å². The Balaban J connectivity index is 0.000000253. The van der Waals surface area contributed by atoms with Gasteiger partial charge in [-0.25, -0.2) is 45.8 Å². The first-order valence-electron chi connectivity index (χ1n) is 43.9. The summed E-state index contributed by atoms with van der Waals surface area (Å²) >= 11 is 0. The molecule has 0 radical (unpaired) electrons. The zero-order valence-electron chi connectivity index (χ0n) is 75.2. The Bertz CT molecular complexity index is 5770. The third-order valence-corrected chi connectivity index (χ3v) is 25.6. The first kappa shape index (κ1) is 98.6. The SMILES string of the molecule is C=C[C@@H]1C[C@]1(NC(=O)[C@@H]1C[C@@H](Oc2cc(-c3ccccc3)nc3cc(OC)ccc23)CN1C(=O)OC(C)(C)C)C(=O)NS(=O)(=O)c1ccccc1NC(=O)CCCCCCCCC(=O)O.C=C[C@@H]1C[C@]1(NC(=O)[C@@H]1C[C@@H](Oc2cc(-c3ccccc3)nc3cc(OC)ccc23)CN1C(=O)OC(C)(C)C)C(=O)NS(=O)(=O)c1ccccc1NC(=O)CCCCCCCCC(=O)OC. The van der Waals surface area contributed by atoms with Crippen molar-refractivity contribution in [1.82, 2.24) is 39.8 Å². The minimum absolute atomic E-state index is 0.000334. The van der Waals surface area contributed by atoms with E-state index in [0.29, 0.717) is 81.9 Å². The van der Waals surface area contributed by atoms with Gasteiger partial charge < -0.3 is 59.5 Å². The van der Waals surface area contributed by atoms with Gasteiger partial charge in [0.15, 0.2) is 0 Å². The maximum Gasteiger partial charge on any atom is 0.411 e. The molecule has 4 fully saturated rings. The first-order valence-corrected chi connectivity index (χ1v) is 46.9. The van der Waals surface area contributed by atoms with Crippen LogP contribution in [-0.2, 0) is 72.6 Å². The lowest BCUT2D eigenvalue weighted by molar-refractivity contribution is -0.141. The summed E-state index contributed by atoms with van der Waals surface area (Å²) in [6, 6.07) is 42.5. The van der Waals surface area contributed by atoms with E-state index < -0.39 is 132 Å². The van der Waals surface area contributed by atoms with Crippen molar-refractivity contribution in [3.63, 3.8) is 0 Å². The Morgan fingerprint density at radius 1 is 0.473 bits per heavy atom. The van der Waals surface area contributed by atoms with Crippen molar-refractivity contribution in [2.75, 3.05) is 45.1 Å². The fraction of sp³-hybridized carbons (Fsp3) is 0.423. The van der Waals surface area contributed by atoms with Gasteiger partial charge in [-0.3, -0.25) is 48.2 Å². The van der Waals surface area contributed by atoms with Crippen LogP contribution in [0.2, 0.25) is 0 Å². The van der Waals surface area contributed by atoms with E-state index in [0.717, 1.165) is 68.9 Å². The van der Waals surface area contributed by atoms with Gasteiger partial charge in [0, 0.05) is 96.5 Å². The summed E-state index contributed by atoms with van der Waals surface area (Å²) in [5.41, 5.74) is -1.15. The highest BCUT2D eigenvalue weighted by Gasteiger charge is 2.63. The number of benzene rings is 6. The van der Waals surface area contributed by atoms with E-state index in [1.54, 1.807) is 104 Å². The number of carbonyl (C=O) groups is 10. The molecule has 4 heterocycles. The van der Waals surface area contributed by atoms with Gasteiger partial charge in [0.05, 0.1) is 68.2 Å². The molecule has 32 nitrogen and oxygen atoms in total. The van der Waals surface area contributed by atoms with Gasteiger partial charge in [-0.05, 0) is 129 Å². The average Bonchev–Trinajstić information content (AvgIpc) is 1.58. The highest BCUT2D eigenvalue weighted by Crippen LogP contribution is 2.48. The second-order valence-electron chi connectivity index (χ2n) is 34.9. The molecule has 698 valence electrons. The fourth-order valence-corrected chi connectivity index (χ4v) is 18.3. The zero-order valence-corrected chi connectivity index (χ0v) is 76.9.